The van der Waals surface area contributed by atoms with E-state index in [1.807, 2.05) is 0 Å². The fourth-order valence-corrected chi connectivity index (χ4v) is 5.09. The lowest BCUT2D eigenvalue weighted by atomic mass is 10.1. The zero-order chi connectivity index (χ0) is 27.9. The van der Waals surface area contributed by atoms with Crippen LogP contribution < -0.4 is 15.8 Å². The lowest BCUT2D eigenvalue weighted by molar-refractivity contribution is -0.140. The number of rotatable bonds is 7. The third-order valence-electron chi connectivity index (χ3n) is 5.32. The summed E-state index contributed by atoms with van der Waals surface area (Å²) >= 11 is 12.6. The summed E-state index contributed by atoms with van der Waals surface area (Å²) in [5, 5.41) is 7.47. The molecule has 15 heteroatoms. The summed E-state index contributed by atoms with van der Waals surface area (Å²) in [6.07, 6.45) is -2.04. The number of fused-ring (bicyclic) bond motifs is 1. The SMILES string of the molecule is NC(=O)c1sc2nc(C(F)(F)F)cc(-c3ccco3)c2c1NC(=O)c1ccn(COc2ccc(Cl)cc2Cl)n1. The van der Waals surface area contributed by atoms with Crippen LogP contribution in [0.4, 0.5) is 18.9 Å². The number of aromatic nitrogens is 3. The van der Waals surface area contributed by atoms with E-state index in [2.05, 4.69) is 15.4 Å². The number of nitrogens with one attached hydrogen (secondary N) is 1. The zero-order valence-corrected chi connectivity index (χ0v) is 21.6. The first kappa shape index (κ1) is 26.5. The first-order chi connectivity index (χ1) is 18.5. The molecule has 0 radical (unpaired) electrons. The van der Waals surface area contributed by atoms with Crippen LogP contribution in [0, 0.1) is 0 Å². The van der Waals surface area contributed by atoms with Crippen molar-refractivity contribution in [1.29, 1.82) is 0 Å². The number of nitrogens with two attached hydrogens (primary N) is 1. The molecule has 9 nitrogen and oxygen atoms in total. The van der Waals surface area contributed by atoms with Crippen molar-refractivity contribution in [3.8, 4) is 17.1 Å². The number of halogens is 5. The highest BCUT2D eigenvalue weighted by Gasteiger charge is 2.35. The van der Waals surface area contributed by atoms with Gasteiger partial charge in [-0.2, -0.15) is 18.3 Å². The van der Waals surface area contributed by atoms with Crippen LogP contribution in [0.3, 0.4) is 0 Å². The van der Waals surface area contributed by atoms with E-state index < -0.39 is 23.7 Å². The summed E-state index contributed by atoms with van der Waals surface area (Å²) in [7, 11) is 0. The molecule has 0 aliphatic heterocycles. The highest BCUT2D eigenvalue weighted by Crippen LogP contribution is 2.43. The molecule has 0 spiro atoms. The fourth-order valence-electron chi connectivity index (χ4n) is 3.62. The van der Waals surface area contributed by atoms with Crippen molar-refractivity contribution < 1.29 is 31.9 Å². The molecule has 0 saturated carbocycles. The first-order valence-corrected chi connectivity index (χ1v) is 12.4. The van der Waals surface area contributed by atoms with Crippen molar-refractivity contribution in [2.45, 2.75) is 12.9 Å². The smallest absolute Gasteiger partial charge is 0.433 e. The Morgan fingerprint density at radius 2 is 1.97 bits per heavy atom. The number of ether oxygens (including phenoxy) is 1. The van der Waals surface area contributed by atoms with Crippen LogP contribution >= 0.6 is 34.5 Å². The average molecular weight is 596 g/mol. The Hall–Kier alpha value is -4.07. The van der Waals surface area contributed by atoms with Gasteiger partial charge >= 0.3 is 6.18 Å². The summed E-state index contributed by atoms with van der Waals surface area (Å²) in [6.45, 7) is -0.102. The van der Waals surface area contributed by atoms with Crippen molar-refractivity contribution in [1.82, 2.24) is 14.8 Å². The van der Waals surface area contributed by atoms with E-state index in [1.54, 1.807) is 12.1 Å². The van der Waals surface area contributed by atoms with E-state index in [0.29, 0.717) is 22.1 Å². The minimum Gasteiger partial charge on any atom is -0.470 e. The summed E-state index contributed by atoms with van der Waals surface area (Å²) in [4.78, 5) is 28.6. The number of thiophene rings is 1. The number of amides is 2. The lowest BCUT2D eigenvalue weighted by Crippen LogP contribution is -2.18. The number of benzene rings is 1. The molecular formula is C24H14Cl2F3N5O4S. The zero-order valence-electron chi connectivity index (χ0n) is 19.3. The van der Waals surface area contributed by atoms with Gasteiger partial charge in [-0.15, -0.1) is 11.3 Å². The third-order valence-corrected chi connectivity index (χ3v) is 6.95. The number of hydrogen-bond acceptors (Lipinski definition) is 7. The van der Waals surface area contributed by atoms with Crippen molar-refractivity contribution in [2.75, 3.05) is 5.32 Å². The molecule has 5 aromatic rings. The van der Waals surface area contributed by atoms with E-state index in [1.165, 1.54) is 41.4 Å². The highest BCUT2D eigenvalue weighted by molar-refractivity contribution is 7.21. The van der Waals surface area contributed by atoms with E-state index >= 15 is 0 Å². The number of anilines is 1. The van der Waals surface area contributed by atoms with Crippen LogP contribution in [0.25, 0.3) is 21.5 Å². The maximum absolute atomic E-state index is 13.6. The van der Waals surface area contributed by atoms with E-state index in [4.69, 9.17) is 38.1 Å². The van der Waals surface area contributed by atoms with Crippen molar-refractivity contribution in [2.24, 2.45) is 5.73 Å². The molecule has 0 atom stereocenters. The average Bonchev–Trinajstić information content (AvgIpc) is 3.63. The van der Waals surface area contributed by atoms with Crippen LogP contribution in [-0.4, -0.2) is 26.6 Å². The van der Waals surface area contributed by atoms with Crippen LogP contribution in [0.1, 0.15) is 25.9 Å². The number of pyridine rings is 1. The topological polar surface area (TPSA) is 125 Å². The standard InChI is InChI=1S/C24H14Cl2F3N5O4S/c25-11-3-4-16(13(26)8-11)38-10-34-6-5-14(33-34)22(36)32-19-18-12(15-2-1-7-37-15)9-17(24(27,28)29)31-23(18)39-20(19)21(30)35/h1-9H,10H2,(H2,30,35)(H,32,36). The molecule has 4 heterocycles. The summed E-state index contributed by atoms with van der Waals surface area (Å²) in [5.74, 6) is -1.31. The van der Waals surface area contributed by atoms with Gasteiger partial charge in [-0.1, -0.05) is 23.2 Å². The predicted octanol–water partition coefficient (Wildman–Crippen LogP) is 6.47. The van der Waals surface area contributed by atoms with Gasteiger partial charge in [0.25, 0.3) is 11.8 Å². The Labute approximate surface area is 230 Å². The summed E-state index contributed by atoms with van der Waals surface area (Å²) in [5.41, 5.74) is 4.08. The Morgan fingerprint density at radius 3 is 2.64 bits per heavy atom. The minimum atomic E-state index is -4.78. The molecule has 0 unspecified atom stereocenters. The minimum absolute atomic E-state index is 0.0323. The number of carbonyl (C=O) groups excluding carboxylic acids is 2. The number of nitrogens with zero attached hydrogens (tertiary/aromatic N) is 3. The Bertz CT molecular complexity index is 1720. The van der Waals surface area contributed by atoms with Gasteiger partial charge in [0.15, 0.2) is 12.4 Å². The van der Waals surface area contributed by atoms with E-state index in [0.717, 1.165) is 6.07 Å². The van der Waals surface area contributed by atoms with E-state index in [9.17, 15) is 22.8 Å². The lowest BCUT2D eigenvalue weighted by Gasteiger charge is -2.10. The number of primary amides is 1. The first-order valence-electron chi connectivity index (χ1n) is 10.8. The fraction of sp³-hybridized carbons (Fsp3) is 0.0833. The third kappa shape index (κ3) is 5.41. The second kappa shape index (κ2) is 10.2. The summed E-state index contributed by atoms with van der Waals surface area (Å²) < 4.78 is 52.9. The molecule has 5 rings (SSSR count). The molecule has 0 aliphatic rings. The molecule has 3 N–H and O–H groups in total. The van der Waals surface area contributed by atoms with Gasteiger partial charge in [0.1, 0.15) is 26.9 Å². The predicted molar refractivity (Wildman–Crippen MR) is 138 cm³/mol. The summed E-state index contributed by atoms with van der Waals surface area (Å²) in [6, 6.07) is 9.76. The van der Waals surface area contributed by atoms with Crippen molar-refractivity contribution in [3.05, 3.63) is 81.2 Å². The van der Waals surface area contributed by atoms with Gasteiger partial charge in [0.2, 0.25) is 0 Å². The molecule has 0 saturated heterocycles. The largest absolute Gasteiger partial charge is 0.470 e. The van der Waals surface area contributed by atoms with Crippen molar-refractivity contribution >= 4 is 62.3 Å². The highest BCUT2D eigenvalue weighted by atomic mass is 35.5. The molecule has 200 valence electrons. The monoisotopic (exact) mass is 595 g/mol. The molecule has 1 aromatic carbocycles. The van der Waals surface area contributed by atoms with Crippen LogP contribution in [0.15, 0.2) is 59.3 Å². The van der Waals surface area contributed by atoms with Gasteiger partial charge in [-0.3, -0.25) is 9.59 Å². The molecular weight excluding hydrogens is 582 g/mol. The van der Waals surface area contributed by atoms with Crippen LogP contribution in [0.2, 0.25) is 10.0 Å². The Kier molecular flexibility index (Phi) is 6.97. The van der Waals surface area contributed by atoms with Gasteiger partial charge in [0.05, 0.1) is 17.0 Å². The van der Waals surface area contributed by atoms with Crippen LogP contribution in [0.5, 0.6) is 5.75 Å². The maximum atomic E-state index is 13.6. The maximum Gasteiger partial charge on any atom is 0.433 e. The second-order valence-corrected chi connectivity index (χ2v) is 9.77. The Balaban J connectivity index is 1.48. The number of carbonyl (C=O) groups is 2. The normalized spacial score (nSPS) is 11.6. The molecule has 0 fully saturated rings. The van der Waals surface area contributed by atoms with Gasteiger partial charge < -0.3 is 20.2 Å². The van der Waals surface area contributed by atoms with E-state index in [-0.39, 0.29) is 49.6 Å². The van der Waals surface area contributed by atoms with Crippen LogP contribution in [-0.2, 0) is 12.9 Å². The second-order valence-electron chi connectivity index (χ2n) is 7.92. The molecule has 39 heavy (non-hydrogen) atoms. The molecule has 0 bridgehead atoms. The molecule has 2 amide bonds. The molecule has 0 aliphatic carbocycles. The van der Waals surface area contributed by atoms with Gasteiger partial charge in [0, 0.05) is 22.2 Å². The number of furan rings is 1. The quantitative estimate of drug-likeness (QED) is 0.222. The molecule has 4 aromatic heterocycles. The van der Waals surface area contributed by atoms with Gasteiger partial charge in [-0.25, -0.2) is 9.67 Å². The number of hydrogen-bond donors (Lipinski definition) is 2. The Morgan fingerprint density at radius 1 is 1.18 bits per heavy atom. The number of alkyl halides is 3. The van der Waals surface area contributed by atoms with Gasteiger partial charge in [-0.05, 0) is 42.5 Å². The van der Waals surface area contributed by atoms with Crippen molar-refractivity contribution in [3.63, 3.8) is 0 Å².